The molecule has 0 aliphatic carbocycles. The highest BCUT2D eigenvalue weighted by molar-refractivity contribution is 7.98. The molecule has 214 valence electrons. The van der Waals surface area contributed by atoms with Crippen LogP contribution in [0.5, 0.6) is 11.5 Å². The van der Waals surface area contributed by atoms with E-state index in [0.717, 1.165) is 33.0 Å². The Balaban J connectivity index is 1.47. The molecule has 0 atom stereocenters. The Labute approximate surface area is 252 Å². The fourth-order valence-corrected chi connectivity index (χ4v) is 5.53. The van der Waals surface area contributed by atoms with E-state index in [1.165, 1.54) is 7.05 Å². The van der Waals surface area contributed by atoms with Gasteiger partial charge in [0.05, 0.1) is 5.69 Å². The zero-order chi connectivity index (χ0) is 30.0. The Morgan fingerprint density at radius 2 is 1.64 bits per heavy atom. The van der Waals surface area contributed by atoms with Gasteiger partial charge in [0, 0.05) is 23.4 Å². The van der Waals surface area contributed by atoms with E-state index in [0.29, 0.717) is 16.5 Å². The quantitative estimate of drug-likeness (QED) is 0.103. The van der Waals surface area contributed by atoms with Gasteiger partial charge in [-0.3, -0.25) is 24.5 Å². The highest BCUT2D eigenvalue weighted by Crippen LogP contribution is 2.39. The third-order valence-corrected chi connectivity index (χ3v) is 7.82. The zero-order valence-corrected chi connectivity index (χ0v) is 24.1. The molecule has 42 heavy (non-hydrogen) atoms. The number of amides is 2. The molecule has 1 aliphatic heterocycles. The van der Waals surface area contributed by atoms with Crippen LogP contribution in [-0.4, -0.2) is 26.7 Å². The second kappa shape index (κ2) is 12.0. The van der Waals surface area contributed by atoms with E-state index in [1.807, 2.05) is 18.2 Å². The van der Waals surface area contributed by atoms with Gasteiger partial charge in [0.15, 0.2) is 10.8 Å². The van der Waals surface area contributed by atoms with E-state index in [2.05, 4.69) is 10.4 Å². The van der Waals surface area contributed by atoms with Crippen molar-refractivity contribution in [3.63, 3.8) is 0 Å². The number of aryl methyl sites for hydroxylation is 1. The summed E-state index contributed by atoms with van der Waals surface area (Å²) >= 11 is 12.3. The maximum Gasteiger partial charge on any atom is 0.435 e. The molecule has 2 amide bonds. The molecule has 7 nitrogen and oxygen atoms in total. The van der Waals surface area contributed by atoms with Crippen molar-refractivity contribution in [2.45, 2.75) is 17.0 Å². The molecule has 2 heterocycles. The predicted molar refractivity (Wildman–Crippen MR) is 158 cm³/mol. The molecule has 1 N–H and O–H groups in total. The van der Waals surface area contributed by atoms with Crippen LogP contribution in [0.3, 0.4) is 0 Å². The van der Waals surface area contributed by atoms with E-state index in [1.54, 1.807) is 60.7 Å². The third kappa shape index (κ3) is 6.35. The smallest absolute Gasteiger partial charge is 0.435 e. The number of ether oxygens (including phenoxy) is 1. The van der Waals surface area contributed by atoms with Crippen molar-refractivity contribution in [1.82, 2.24) is 15.1 Å². The van der Waals surface area contributed by atoms with E-state index >= 15 is 0 Å². The first-order valence-corrected chi connectivity index (χ1v) is 14.0. The van der Waals surface area contributed by atoms with Crippen LogP contribution < -0.4 is 15.0 Å². The number of nitrogens with zero attached hydrogens (tertiary/aromatic N) is 3. The van der Waals surface area contributed by atoms with Gasteiger partial charge >= 0.3 is 6.18 Å². The maximum atomic E-state index is 14.0. The number of rotatable bonds is 7. The minimum atomic E-state index is -4.85. The second-order valence-electron chi connectivity index (χ2n) is 8.97. The Kier molecular flexibility index (Phi) is 8.39. The van der Waals surface area contributed by atoms with E-state index < -0.39 is 34.8 Å². The van der Waals surface area contributed by atoms with Gasteiger partial charge in [-0.05, 0) is 72.4 Å². The molecule has 1 aromatic heterocycles. The van der Waals surface area contributed by atoms with E-state index in [-0.39, 0.29) is 21.6 Å². The minimum Gasteiger partial charge on any atom is -0.457 e. The summed E-state index contributed by atoms with van der Waals surface area (Å²) in [4.78, 5) is 27.5. The third-order valence-electron chi connectivity index (χ3n) is 6.05. The van der Waals surface area contributed by atoms with Crippen molar-refractivity contribution >= 4 is 64.3 Å². The number of hydrogen-bond acceptors (Lipinski definition) is 6. The first kappa shape index (κ1) is 29.4. The van der Waals surface area contributed by atoms with Gasteiger partial charge < -0.3 is 4.74 Å². The summed E-state index contributed by atoms with van der Waals surface area (Å²) in [5.74, 6) is -0.429. The maximum absolute atomic E-state index is 14.0. The monoisotopic (exact) mass is 628 g/mol. The molecular weight excluding hydrogens is 609 g/mol. The zero-order valence-electron chi connectivity index (χ0n) is 21.7. The summed E-state index contributed by atoms with van der Waals surface area (Å²) < 4.78 is 49.0. The number of alkyl halides is 3. The van der Waals surface area contributed by atoms with Crippen LogP contribution in [0.25, 0.3) is 6.08 Å². The molecule has 0 radical (unpaired) electrons. The van der Waals surface area contributed by atoms with Gasteiger partial charge in [-0.15, -0.1) is 11.8 Å². The number of nitrogens with one attached hydrogen (secondary N) is 1. The summed E-state index contributed by atoms with van der Waals surface area (Å²) in [6.45, 7) is 0. The van der Waals surface area contributed by atoms with Gasteiger partial charge in [-0.2, -0.15) is 18.3 Å². The Bertz CT molecular complexity index is 1690. The van der Waals surface area contributed by atoms with Gasteiger partial charge in [-0.25, -0.2) is 0 Å². The van der Waals surface area contributed by atoms with Crippen LogP contribution in [0.2, 0.25) is 5.02 Å². The SMILES string of the molecule is Cn1nc(C(F)(F)F)c(C=C2C(=O)NC(=S)N(c3ccc(Oc4ccccc4)cc3)C2=O)c1SCc1ccc(Cl)cc1. The van der Waals surface area contributed by atoms with E-state index in [4.69, 9.17) is 28.6 Å². The molecule has 1 saturated heterocycles. The Hall–Kier alpha value is -4.13. The number of thioether (sulfide) groups is 1. The average molecular weight is 629 g/mol. The number of aromatic nitrogens is 2. The predicted octanol–water partition coefficient (Wildman–Crippen LogP) is 7.01. The number of hydrogen-bond donors (Lipinski definition) is 1. The lowest BCUT2D eigenvalue weighted by atomic mass is 10.1. The van der Waals surface area contributed by atoms with Crippen molar-refractivity contribution in [2.75, 3.05) is 4.90 Å². The van der Waals surface area contributed by atoms with Crippen LogP contribution in [0.1, 0.15) is 16.8 Å². The summed E-state index contributed by atoms with van der Waals surface area (Å²) in [5.41, 5.74) is -1.06. The van der Waals surface area contributed by atoms with Gasteiger partial charge in [-0.1, -0.05) is 41.9 Å². The van der Waals surface area contributed by atoms with Gasteiger partial charge in [0.1, 0.15) is 22.1 Å². The fourth-order valence-electron chi connectivity index (χ4n) is 4.09. The number of benzene rings is 3. The summed E-state index contributed by atoms with van der Waals surface area (Å²) in [7, 11) is 1.37. The van der Waals surface area contributed by atoms with Crippen molar-refractivity contribution in [3.8, 4) is 11.5 Å². The van der Waals surface area contributed by atoms with Crippen molar-refractivity contribution in [1.29, 1.82) is 0 Å². The first-order chi connectivity index (χ1) is 20.0. The molecule has 3 aromatic carbocycles. The summed E-state index contributed by atoms with van der Waals surface area (Å²) in [5, 5.41) is 6.50. The molecule has 13 heteroatoms. The normalized spacial score (nSPS) is 14.8. The van der Waals surface area contributed by atoms with Crippen LogP contribution >= 0.6 is 35.6 Å². The number of para-hydroxylation sites is 1. The van der Waals surface area contributed by atoms with Gasteiger partial charge in [0.25, 0.3) is 11.8 Å². The summed E-state index contributed by atoms with van der Waals surface area (Å²) in [6.07, 6.45) is -3.93. The van der Waals surface area contributed by atoms with Crippen LogP contribution in [0, 0.1) is 0 Å². The fraction of sp³-hybridized carbons (Fsp3) is 0.103. The number of anilines is 1. The number of carbonyl (C=O) groups is 2. The molecular formula is C29H20ClF3N4O3S2. The molecule has 1 fully saturated rings. The molecule has 5 rings (SSSR count). The number of thiocarbonyl (C=S) groups is 1. The lowest BCUT2D eigenvalue weighted by Crippen LogP contribution is -2.54. The number of halogens is 4. The van der Waals surface area contributed by atoms with E-state index in [9.17, 15) is 22.8 Å². The molecule has 0 spiro atoms. The Morgan fingerprint density at radius 1 is 1.00 bits per heavy atom. The number of carbonyl (C=O) groups excluding carboxylic acids is 2. The second-order valence-corrected chi connectivity index (χ2v) is 10.8. The molecule has 0 saturated carbocycles. The van der Waals surface area contributed by atoms with Crippen molar-refractivity contribution in [2.24, 2.45) is 7.05 Å². The minimum absolute atomic E-state index is 0.118. The molecule has 0 bridgehead atoms. The molecule has 0 unspecified atom stereocenters. The van der Waals surface area contributed by atoms with Crippen molar-refractivity contribution < 1.29 is 27.5 Å². The standard InChI is InChI=1S/C29H20ClF3N4O3S2/c1-36-27(42-16-17-7-9-18(30)10-8-17)22(24(35-36)29(31,32)33)15-23-25(38)34-28(41)37(26(23)39)19-11-13-21(14-12-19)40-20-5-3-2-4-6-20/h2-15H,16H2,1H3,(H,34,38,41). The Morgan fingerprint density at radius 3 is 2.29 bits per heavy atom. The van der Waals surface area contributed by atoms with Crippen LogP contribution in [0.15, 0.2) is 89.5 Å². The molecule has 4 aromatic rings. The summed E-state index contributed by atoms with van der Waals surface area (Å²) in [6, 6.07) is 22.2. The highest BCUT2D eigenvalue weighted by atomic mass is 35.5. The highest BCUT2D eigenvalue weighted by Gasteiger charge is 2.40. The van der Waals surface area contributed by atoms with Crippen molar-refractivity contribution in [3.05, 3.63) is 106 Å². The first-order valence-electron chi connectivity index (χ1n) is 12.3. The lowest BCUT2D eigenvalue weighted by Gasteiger charge is -2.29. The van der Waals surface area contributed by atoms with Crippen LogP contribution in [-0.2, 0) is 28.6 Å². The largest absolute Gasteiger partial charge is 0.457 e. The lowest BCUT2D eigenvalue weighted by molar-refractivity contribution is -0.141. The molecule has 1 aliphatic rings. The van der Waals surface area contributed by atoms with Gasteiger partial charge in [0.2, 0.25) is 0 Å². The van der Waals surface area contributed by atoms with Crippen LogP contribution in [0.4, 0.5) is 18.9 Å². The topological polar surface area (TPSA) is 76.5 Å². The average Bonchev–Trinajstić information content (AvgIpc) is 3.27.